The predicted molar refractivity (Wildman–Crippen MR) is 129 cm³/mol. The molecule has 0 radical (unpaired) electrons. The van der Waals surface area contributed by atoms with Crippen LogP contribution in [-0.4, -0.2) is 22.1 Å². The Bertz CT molecular complexity index is 1270. The van der Waals surface area contributed by atoms with Gasteiger partial charge in [-0.05, 0) is 60.9 Å². The number of nitrogens with zero attached hydrogens (tertiary/aromatic N) is 1. The van der Waals surface area contributed by atoms with Crippen LogP contribution in [0.3, 0.4) is 0 Å². The van der Waals surface area contributed by atoms with Gasteiger partial charge in [-0.25, -0.2) is 8.60 Å². The van der Waals surface area contributed by atoms with E-state index in [1.54, 1.807) is 54.6 Å². The topological polar surface area (TPSA) is 66.5 Å². The molecule has 1 fully saturated rings. The van der Waals surface area contributed by atoms with Gasteiger partial charge in [-0.15, -0.1) is 0 Å². The van der Waals surface area contributed by atoms with Crippen molar-refractivity contribution in [1.29, 1.82) is 0 Å². The highest BCUT2D eigenvalue weighted by Gasteiger charge is 2.31. The summed E-state index contributed by atoms with van der Waals surface area (Å²) in [6.07, 6.45) is 5.33. The third-order valence-electron chi connectivity index (χ3n) is 6.47. The lowest BCUT2D eigenvalue weighted by Gasteiger charge is -2.25. The summed E-state index contributed by atoms with van der Waals surface area (Å²) in [7, 11) is -1.59. The summed E-state index contributed by atoms with van der Waals surface area (Å²) in [5.74, 6) is -0.868. The van der Waals surface area contributed by atoms with Gasteiger partial charge in [-0.3, -0.25) is 9.59 Å². The Morgan fingerprint density at radius 1 is 0.971 bits per heavy atom. The lowest BCUT2D eigenvalue weighted by Crippen LogP contribution is -2.36. The molecule has 1 atom stereocenters. The van der Waals surface area contributed by atoms with Crippen LogP contribution in [0.5, 0.6) is 0 Å². The molecule has 1 unspecified atom stereocenters. The van der Waals surface area contributed by atoms with Crippen LogP contribution in [0.25, 0.3) is 0 Å². The third kappa shape index (κ3) is 4.40. The molecule has 3 aromatic rings. The molecule has 2 aliphatic rings. The predicted octanol–water partition coefficient (Wildman–Crippen LogP) is 5.22. The maximum atomic E-state index is 13.6. The molecule has 1 heterocycles. The van der Waals surface area contributed by atoms with E-state index in [1.807, 2.05) is 0 Å². The van der Waals surface area contributed by atoms with E-state index in [2.05, 4.69) is 5.32 Å². The molecule has 5 rings (SSSR count). The molecule has 0 aromatic heterocycles. The number of anilines is 1. The zero-order chi connectivity index (χ0) is 23.7. The van der Waals surface area contributed by atoms with E-state index in [9.17, 15) is 18.2 Å². The van der Waals surface area contributed by atoms with Gasteiger partial charge in [0.2, 0.25) is 0 Å². The van der Waals surface area contributed by atoms with Crippen molar-refractivity contribution in [2.24, 2.45) is 0 Å². The van der Waals surface area contributed by atoms with Crippen LogP contribution in [0.2, 0.25) is 0 Å². The minimum atomic E-state index is -1.59. The Labute approximate surface area is 200 Å². The molecule has 1 aliphatic heterocycles. The number of rotatable bonds is 4. The average Bonchev–Trinajstić information content (AvgIpc) is 2.95. The van der Waals surface area contributed by atoms with E-state index in [0.29, 0.717) is 26.6 Å². The van der Waals surface area contributed by atoms with Crippen LogP contribution in [0.15, 0.2) is 76.5 Å². The van der Waals surface area contributed by atoms with Gasteiger partial charge in [-0.1, -0.05) is 43.5 Å². The molecule has 0 saturated heterocycles. The summed E-state index contributed by atoms with van der Waals surface area (Å²) in [5.41, 5.74) is 1.93. The van der Waals surface area contributed by atoms with Gasteiger partial charge >= 0.3 is 0 Å². The number of amides is 2. The first-order chi connectivity index (χ1) is 16.5. The Morgan fingerprint density at radius 2 is 1.71 bits per heavy atom. The zero-order valence-electron chi connectivity index (χ0n) is 18.6. The highest BCUT2D eigenvalue weighted by molar-refractivity contribution is 7.85. The molecule has 1 N–H and O–H groups in total. The minimum absolute atomic E-state index is 0.149. The van der Waals surface area contributed by atoms with Crippen LogP contribution in [0.4, 0.5) is 10.1 Å². The summed E-state index contributed by atoms with van der Waals surface area (Å²) in [4.78, 5) is 29.1. The van der Waals surface area contributed by atoms with E-state index >= 15 is 0 Å². The number of hydrogen-bond acceptors (Lipinski definition) is 3. The molecular formula is C27H25FN2O3S. The van der Waals surface area contributed by atoms with Gasteiger partial charge in [-0.2, -0.15) is 0 Å². The smallest absolute Gasteiger partial charge is 0.259 e. The Kier molecular flexibility index (Phi) is 6.28. The lowest BCUT2D eigenvalue weighted by atomic mass is 9.95. The monoisotopic (exact) mass is 476 g/mol. The molecule has 34 heavy (non-hydrogen) atoms. The van der Waals surface area contributed by atoms with Crippen molar-refractivity contribution in [1.82, 2.24) is 5.32 Å². The molecule has 174 valence electrons. The number of halogens is 1. The van der Waals surface area contributed by atoms with Crippen molar-refractivity contribution in [2.75, 3.05) is 4.90 Å². The molecule has 1 aliphatic carbocycles. The van der Waals surface area contributed by atoms with Gasteiger partial charge in [0.05, 0.1) is 38.4 Å². The quantitative estimate of drug-likeness (QED) is 0.562. The molecule has 2 amide bonds. The Hall–Kier alpha value is -3.32. The number of carbonyl (C=O) groups excluding carboxylic acids is 2. The molecular weight excluding hydrogens is 451 g/mol. The van der Waals surface area contributed by atoms with Gasteiger partial charge in [0, 0.05) is 11.6 Å². The molecule has 7 heteroatoms. The van der Waals surface area contributed by atoms with Crippen molar-refractivity contribution in [3.8, 4) is 0 Å². The maximum Gasteiger partial charge on any atom is 0.259 e. The van der Waals surface area contributed by atoms with E-state index in [4.69, 9.17) is 0 Å². The standard InChI is InChI=1S/C27H25FN2O3S/c28-20-13-10-18(11-14-20)17-30-23-16-19(26(31)29-21-6-2-1-3-7-21)12-15-25(23)34(33)24-9-5-4-8-22(24)27(30)32/h4-5,8-16,21H,1-3,6-7,17H2,(H,29,31). The van der Waals surface area contributed by atoms with E-state index in [0.717, 1.165) is 31.2 Å². The third-order valence-corrected chi connectivity index (χ3v) is 7.97. The fourth-order valence-corrected chi connectivity index (χ4v) is 5.99. The summed E-state index contributed by atoms with van der Waals surface area (Å²) in [6, 6.07) is 17.9. The number of benzene rings is 3. The average molecular weight is 477 g/mol. The van der Waals surface area contributed by atoms with Crippen molar-refractivity contribution >= 4 is 28.3 Å². The first kappa shape index (κ1) is 22.5. The Balaban J connectivity index is 1.56. The van der Waals surface area contributed by atoms with Gasteiger partial charge in [0.25, 0.3) is 11.8 Å². The highest BCUT2D eigenvalue weighted by Crippen LogP contribution is 2.36. The number of nitrogens with one attached hydrogen (secondary N) is 1. The first-order valence-corrected chi connectivity index (χ1v) is 12.7. The fraction of sp³-hybridized carbons (Fsp3) is 0.259. The van der Waals surface area contributed by atoms with Crippen molar-refractivity contribution < 1.29 is 18.2 Å². The molecule has 1 saturated carbocycles. The van der Waals surface area contributed by atoms with Gasteiger partial charge < -0.3 is 10.2 Å². The second kappa shape index (κ2) is 9.50. The van der Waals surface area contributed by atoms with Crippen LogP contribution in [0.1, 0.15) is 58.4 Å². The lowest BCUT2D eigenvalue weighted by molar-refractivity contribution is 0.0925. The SMILES string of the molecule is O=C(NC1CCCCC1)c1ccc2c(c1)N(Cc1ccc(F)cc1)C(=O)c1ccccc1S2=O. The van der Waals surface area contributed by atoms with Crippen LogP contribution in [0, 0.1) is 5.82 Å². The number of carbonyl (C=O) groups is 2. The summed E-state index contributed by atoms with van der Waals surface area (Å²) in [6.45, 7) is 0.158. The Morgan fingerprint density at radius 3 is 2.47 bits per heavy atom. The van der Waals surface area contributed by atoms with Crippen molar-refractivity contribution in [3.05, 3.63) is 89.2 Å². The van der Waals surface area contributed by atoms with Crippen LogP contribution < -0.4 is 10.2 Å². The summed E-state index contributed by atoms with van der Waals surface area (Å²) >= 11 is 0. The van der Waals surface area contributed by atoms with Gasteiger partial charge in [0.1, 0.15) is 5.82 Å². The zero-order valence-corrected chi connectivity index (χ0v) is 19.4. The fourth-order valence-electron chi connectivity index (χ4n) is 4.65. The second-order valence-electron chi connectivity index (χ2n) is 8.77. The maximum absolute atomic E-state index is 13.6. The molecule has 5 nitrogen and oxygen atoms in total. The minimum Gasteiger partial charge on any atom is -0.349 e. The van der Waals surface area contributed by atoms with E-state index < -0.39 is 10.8 Å². The number of hydrogen-bond donors (Lipinski definition) is 1. The molecule has 0 spiro atoms. The van der Waals surface area contributed by atoms with Crippen molar-refractivity contribution in [3.63, 3.8) is 0 Å². The van der Waals surface area contributed by atoms with Crippen LogP contribution >= 0.6 is 0 Å². The molecule has 0 bridgehead atoms. The van der Waals surface area contributed by atoms with Crippen LogP contribution in [-0.2, 0) is 17.3 Å². The summed E-state index contributed by atoms with van der Waals surface area (Å²) in [5, 5.41) is 3.11. The van der Waals surface area contributed by atoms with Gasteiger partial charge in [0.15, 0.2) is 0 Å². The van der Waals surface area contributed by atoms with Crippen molar-refractivity contribution in [2.45, 2.75) is 54.5 Å². The normalized spacial score (nSPS) is 18.1. The number of fused-ring (bicyclic) bond motifs is 2. The largest absolute Gasteiger partial charge is 0.349 e. The second-order valence-corrected chi connectivity index (χ2v) is 10.2. The van der Waals surface area contributed by atoms with E-state index in [-0.39, 0.29) is 30.2 Å². The highest BCUT2D eigenvalue weighted by atomic mass is 32.2. The molecule has 3 aromatic carbocycles. The first-order valence-electron chi connectivity index (χ1n) is 11.5. The van der Waals surface area contributed by atoms with E-state index in [1.165, 1.54) is 23.5 Å². The summed E-state index contributed by atoms with van der Waals surface area (Å²) < 4.78 is 27.0.